The molecule has 1 aromatic heterocycles. The summed E-state index contributed by atoms with van der Waals surface area (Å²) in [6, 6.07) is 9.06. The third kappa shape index (κ3) is 4.27. The quantitative estimate of drug-likeness (QED) is 0.775. The van der Waals surface area contributed by atoms with Gasteiger partial charge in [-0.25, -0.2) is 8.42 Å². The number of nitrogens with zero attached hydrogens (tertiary/aromatic N) is 3. The second-order valence-electron chi connectivity index (χ2n) is 6.83. The van der Waals surface area contributed by atoms with Gasteiger partial charge in [0.2, 0.25) is 11.8 Å². The van der Waals surface area contributed by atoms with Crippen LogP contribution in [0.1, 0.15) is 19.8 Å². The highest BCUT2D eigenvalue weighted by Gasteiger charge is 2.32. The van der Waals surface area contributed by atoms with E-state index < -0.39 is 9.84 Å². The Hall–Kier alpha value is -2.48. The summed E-state index contributed by atoms with van der Waals surface area (Å²) in [5.41, 5.74) is 1.37. The van der Waals surface area contributed by atoms with Crippen LogP contribution in [-0.2, 0) is 19.4 Å². The third-order valence-electron chi connectivity index (χ3n) is 4.98. The molecule has 144 valence electrons. The molecule has 0 N–H and O–H groups in total. The molecule has 0 saturated carbocycles. The van der Waals surface area contributed by atoms with Crippen molar-refractivity contribution >= 4 is 38.2 Å². The smallest absolute Gasteiger partial charge is 0.224 e. The van der Waals surface area contributed by atoms with Crippen LogP contribution in [0, 0.1) is 0 Å². The molecule has 0 aliphatic carbocycles. The Labute approximate surface area is 158 Å². The summed E-state index contributed by atoms with van der Waals surface area (Å²) in [7, 11) is -1.42. The molecular formula is C19H23N3O4S. The molecule has 1 atom stereocenters. The monoisotopic (exact) mass is 389 g/mol. The van der Waals surface area contributed by atoms with Gasteiger partial charge < -0.3 is 9.80 Å². The molecule has 1 aromatic carbocycles. The maximum Gasteiger partial charge on any atom is 0.224 e. The van der Waals surface area contributed by atoms with E-state index in [-0.39, 0.29) is 42.3 Å². The van der Waals surface area contributed by atoms with Crippen LogP contribution in [0.15, 0.2) is 36.5 Å². The fraction of sp³-hybridized carbons (Fsp3) is 0.421. The molecule has 27 heavy (non-hydrogen) atoms. The lowest BCUT2D eigenvalue weighted by Crippen LogP contribution is -2.40. The Morgan fingerprint density at radius 1 is 1.22 bits per heavy atom. The highest BCUT2D eigenvalue weighted by Crippen LogP contribution is 2.25. The molecule has 1 aliphatic heterocycles. The van der Waals surface area contributed by atoms with Crippen LogP contribution in [0.4, 0.5) is 5.69 Å². The Bertz CT molecular complexity index is 969. The largest absolute Gasteiger partial charge is 0.342 e. The molecule has 2 amide bonds. The summed E-state index contributed by atoms with van der Waals surface area (Å²) in [5, 5.41) is 0.917. The lowest BCUT2D eigenvalue weighted by atomic mass is 10.1. The highest BCUT2D eigenvalue weighted by atomic mass is 32.2. The lowest BCUT2D eigenvalue weighted by Gasteiger charge is -2.26. The second-order valence-corrected chi connectivity index (χ2v) is 9.06. The summed E-state index contributed by atoms with van der Waals surface area (Å²) in [6.45, 7) is 1.67. The minimum Gasteiger partial charge on any atom is -0.342 e. The van der Waals surface area contributed by atoms with Gasteiger partial charge in [0.25, 0.3) is 0 Å². The minimum absolute atomic E-state index is 0.0128. The first-order valence-electron chi connectivity index (χ1n) is 8.86. The molecule has 0 bridgehead atoms. The first kappa shape index (κ1) is 19.3. The zero-order valence-electron chi connectivity index (χ0n) is 15.5. The van der Waals surface area contributed by atoms with Crippen LogP contribution >= 0.6 is 0 Å². The number of hydrogen-bond donors (Lipinski definition) is 0. The molecule has 0 radical (unpaired) electrons. The predicted molar refractivity (Wildman–Crippen MR) is 104 cm³/mol. The van der Waals surface area contributed by atoms with Crippen molar-refractivity contribution in [3.63, 3.8) is 0 Å². The van der Waals surface area contributed by atoms with Crippen LogP contribution in [0.25, 0.3) is 10.9 Å². The second kappa shape index (κ2) is 7.64. The van der Waals surface area contributed by atoms with Gasteiger partial charge in [0.05, 0.1) is 22.7 Å². The van der Waals surface area contributed by atoms with E-state index in [9.17, 15) is 18.0 Å². The molecule has 1 saturated heterocycles. The third-order valence-corrected chi connectivity index (χ3v) is 6.73. The zero-order valence-corrected chi connectivity index (χ0v) is 16.3. The summed E-state index contributed by atoms with van der Waals surface area (Å²) >= 11 is 0. The van der Waals surface area contributed by atoms with Gasteiger partial charge in [0, 0.05) is 44.6 Å². The number of pyridine rings is 1. The van der Waals surface area contributed by atoms with Gasteiger partial charge in [0.1, 0.15) is 0 Å². The van der Waals surface area contributed by atoms with Gasteiger partial charge in [-0.3, -0.25) is 14.6 Å². The summed E-state index contributed by atoms with van der Waals surface area (Å²) < 4.78 is 23.3. The SMILES string of the molecule is CC(=O)N(CCC(=O)N(C)C1CCS(=O)(=O)C1)c1cccc2cccnc12. The van der Waals surface area contributed by atoms with Gasteiger partial charge >= 0.3 is 0 Å². The Balaban J connectivity index is 1.74. The average Bonchev–Trinajstić information content (AvgIpc) is 3.00. The van der Waals surface area contributed by atoms with E-state index in [1.807, 2.05) is 30.3 Å². The van der Waals surface area contributed by atoms with Gasteiger partial charge in [-0.1, -0.05) is 18.2 Å². The van der Waals surface area contributed by atoms with Crippen LogP contribution in [0.2, 0.25) is 0 Å². The molecule has 2 aromatic rings. The summed E-state index contributed by atoms with van der Waals surface area (Å²) in [6.07, 6.45) is 2.26. The number of anilines is 1. The number of hydrogen-bond acceptors (Lipinski definition) is 5. The van der Waals surface area contributed by atoms with E-state index in [4.69, 9.17) is 0 Å². The summed E-state index contributed by atoms with van der Waals surface area (Å²) in [4.78, 5) is 32.2. The number of carbonyl (C=O) groups is 2. The van der Waals surface area contributed by atoms with Crippen LogP contribution in [0.5, 0.6) is 0 Å². The normalized spacial score (nSPS) is 18.4. The van der Waals surface area contributed by atoms with E-state index in [0.29, 0.717) is 17.6 Å². The van der Waals surface area contributed by atoms with Crippen LogP contribution < -0.4 is 4.90 Å². The number of benzene rings is 1. The zero-order chi connectivity index (χ0) is 19.6. The fourth-order valence-corrected chi connectivity index (χ4v) is 5.20. The minimum atomic E-state index is -3.05. The predicted octanol–water partition coefficient (Wildman–Crippen LogP) is 1.62. The van der Waals surface area contributed by atoms with E-state index in [0.717, 1.165) is 5.39 Å². The molecule has 3 rings (SSSR count). The van der Waals surface area contributed by atoms with E-state index in [2.05, 4.69) is 4.98 Å². The number of sulfone groups is 1. The molecular weight excluding hydrogens is 366 g/mol. The van der Waals surface area contributed by atoms with Crippen LogP contribution in [0.3, 0.4) is 0 Å². The number of amides is 2. The maximum absolute atomic E-state index is 12.5. The highest BCUT2D eigenvalue weighted by molar-refractivity contribution is 7.91. The van der Waals surface area contributed by atoms with Crippen molar-refractivity contribution in [3.8, 4) is 0 Å². The Morgan fingerprint density at radius 3 is 2.63 bits per heavy atom. The van der Waals surface area contributed by atoms with Crippen molar-refractivity contribution in [1.29, 1.82) is 0 Å². The van der Waals surface area contributed by atoms with Crippen molar-refractivity contribution < 1.29 is 18.0 Å². The van der Waals surface area contributed by atoms with Gasteiger partial charge in [-0.05, 0) is 18.6 Å². The molecule has 0 spiro atoms. The Morgan fingerprint density at radius 2 is 1.96 bits per heavy atom. The molecule has 1 aliphatic rings. The lowest BCUT2D eigenvalue weighted by molar-refractivity contribution is -0.131. The van der Waals surface area contributed by atoms with Gasteiger partial charge in [-0.2, -0.15) is 0 Å². The topological polar surface area (TPSA) is 87.7 Å². The number of carbonyl (C=O) groups excluding carboxylic acids is 2. The standard InChI is InChI=1S/C19H23N3O4S/c1-14(23)22(17-7-3-5-15-6-4-10-20-19(15)17)11-8-18(24)21(2)16-9-12-27(25,26)13-16/h3-7,10,16H,8-9,11-13H2,1-2H3. The van der Waals surface area contributed by atoms with Crippen molar-refractivity contribution in [3.05, 3.63) is 36.5 Å². The van der Waals surface area contributed by atoms with Crippen molar-refractivity contribution in [2.45, 2.75) is 25.8 Å². The van der Waals surface area contributed by atoms with Crippen LogP contribution in [-0.4, -0.2) is 61.3 Å². The number of rotatable bonds is 5. The first-order chi connectivity index (χ1) is 12.8. The van der Waals surface area contributed by atoms with Crippen molar-refractivity contribution in [2.75, 3.05) is 30.0 Å². The fourth-order valence-electron chi connectivity index (χ4n) is 3.42. The van der Waals surface area contributed by atoms with Crippen molar-refractivity contribution in [1.82, 2.24) is 9.88 Å². The Kier molecular flexibility index (Phi) is 5.46. The number of para-hydroxylation sites is 1. The van der Waals surface area contributed by atoms with Gasteiger partial charge in [-0.15, -0.1) is 0 Å². The number of aromatic nitrogens is 1. The molecule has 1 unspecified atom stereocenters. The van der Waals surface area contributed by atoms with Gasteiger partial charge in [0.15, 0.2) is 9.84 Å². The molecule has 1 fully saturated rings. The molecule has 2 heterocycles. The number of fused-ring (bicyclic) bond motifs is 1. The molecule has 7 nitrogen and oxygen atoms in total. The summed E-state index contributed by atoms with van der Waals surface area (Å²) in [5.74, 6) is -0.210. The first-order valence-corrected chi connectivity index (χ1v) is 10.7. The molecule has 8 heteroatoms. The maximum atomic E-state index is 12.5. The van der Waals surface area contributed by atoms with E-state index >= 15 is 0 Å². The van der Waals surface area contributed by atoms with Crippen molar-refractivity contribution in [2.24, 2.45) is 0 Å². The van der Waals surface area contributed by atoms with E-state index in [1.165, 1.54) is 11.8 Å². The van der Waals surface area contributed by atoms with E-state index in [1.54, 1.807) is 18.1 Å². The average molecular weight is 389 g/mol.